The SMILES string of the molecule is COc1ccc(CCC(=O)n2c(=O)c(C)cc3ccc(N)cc32)cc1OC. The van der Waals surface area contributed by atoms with Gasteiger partial charge in [-0.2, -0.15) is 0 Å². The summed E-state index contributed by atoms with van der Waals surface area (Å²) in [5.74, 6) is 0.964. The number of rotatable bonds is 5. The first-order valence-corrected chi connectivity index (χ1v) is 8.60. The molecule has 0 aliphatic heterocycles. The van der Waals surface area contributed by atoms with Crippen molar-refractivity contribution in [3.63, 3.8) is 0 Å². The van der Waals surface area contributed by atoms with Crippen LogP contribution in [0.1, 0.15) is 22.3 Å². The highest BCUT2D eigenvalue weighted by atomic mass is 16.5. The third kappa shape index (κ3) is 3.65. The molecule has 6 nitrogen and oxygen atoms in total. The van der Waals surface area contributed by atoms with Crippen LogP contribution in [0.25, 0.3) is 10.9 Å². The molecule has 0 bridgehead atoms. The first kappa shape index (κ1) is 18.5. The molecule has 140 valence electrons. The lowest BCUT2D eigenvalue weighted by molar-refractivity contribution is 0.0904. The van der Waals surface area contributed by atoms with E-state index in [0.29, 0.717) is 34.7 Å². The van der Waals surface area contributed by atoms with Gasteiger partial charge in [-0.1, -0.05) is 12.1 Å². The van der Waals surface area contributed by atoms with E-state index in [-0.39, 0.29) is 17.9 Å². The zero-order valence-electron chi connectivity index (χ0n) is 15.6. The number of nitrogen functional groups attached to an aromatic ring is 1. The Hall–Kier alpha value is -3.28. The fourth-order valence-electron chi connectivity index (χ4n) is 3.10. The third-order valence-electron chi connectivity index (χ3n) is 4.53. The van der Waals surface area contributed by atoms with E-state index < -0.39 is 0 Å². The van der Waals surface area contributed by atoms with Crippen molar-refractivity contribution in [1.82, 2.24) is 4.57 Å². The zero-order valence-corrected chi connectivity index (χ0v) is 15.6. The van der Waals surface area contributed by atoms with Crippen LogP contribution in [-0.2, 0) is 6.42 Å². The number of nitrogens with two attached hydrogens (primary N) is 1. The molecule has 0 atom stereocenters. The van der Waals surface area contributed by atoms with E-state index in [1.165, 1.54) is 4.57 Å². The topological polar surface area (TPSA) is 83.5 Å². The lowest BCUT2D eigenvalue weighted by atomic mass is 10.1. The standard InChI is InChI=1S/C21H22N2O4/c1-13-10-15-6-7-16(22)12-17(15)23(21(13)25)20(24)9-5-14-4-8-18(26-2)19(11-14)27-3/h4,6-8,10-12H,5,9,22H2,1-3H3. The molecule has 1 heterocycles. The van der Waals surface area contributed by atoms with E-state index in [0.717, 1.165) is 10.9 Å². The number of hydrogen-bond acceptors (Lipinski definition) is 5. The number of ether oxygens (including phenoxy) is 2. The van der Waals surface area contributed by atoms with Crippen LogP contribution in [0, 0.1) is 6.92 Å². The lowest BCUT2D eigenvalue weighted by Gasteiger charge is -2.12. The van der Waals surface area contributed by atoms with Crippen LogP contribution < -0.4 is 20.8 Å². The van der Waals surface area contributed by atoms with Crippen molar-refractivity contribution in [2.75, 3.05) is 20.0 Å². The van der Waals surface area contributed by atoms with Gasteiger partial charge in [0.1, 0.15) is 0 Å². The van der Waals surface area contributed by atoms with E-state index in [9.17, 15) is 9.59 Å². The van der Waals surface area contributed by atoms with Gasteiger partial charge in [0.25, 0.3) is 5.56 Å². The van der Waals surface area contributed by atoms with Crippen LogP contribution in [0.5, 0.6) is 11.5 Å². The molecule has 0 radical (unpaired) electrons. The van der Waals surface area contributed by atoms with Gasteiger partial charge in [-0.25, -0.2) is 4.57 Å². The van der Waals surface area contributed by atoms with E-state index in [4.69, 9.17) is 15.2 Å². The summed E-state index contributed by atoms with van der Waals surface area (Å²) in [7, 11) is 3.14. The monoisotopic (exact) mass is 366 g/mol. The second-order valence-corrected chi connectivity index (χ2v) is 6.37. The molecule has 6 heteroatoms. The van der Waals surface area contributed by atoms with Crippen molar-refractivity contribution in [3.8, 4) is 11.5 Å². The molecule has 27 heavy (non-hydrogen) atoms. The molecule has 0 fully saturated rings. The minimum atomic E-state index is -0.314. The molecular weight excluding hydrogens is 344 g/mol. The lowest BCUT2D eigenvalue weighted by Crippen LogP contribution is -2.28. The van der Waals surface area contributed by atoms with E-state index in [1.54, 1.807) is 45.4 Å². The summed E-state index contributed by atoms with van der Waals surface area (Å²) in [6.45, 7) is 1.70. The second-order valence-electron chi connectivity index (χ2n) is 6.37. The van der Waals surface area contributed by atoms with Crippen LogP contribution >= 0.6 is 0 Å². The Bertz CT molecular complexity index is 1070. The number of benzene rings is 2. The van der Waals surface area contributed by atoms with Crippen molar-refractivity contribution in [1.29, 1.82) is 0 Å². The average molecular weight is 366 g/mol. The van der Waals surface area contributed by atoms with Gasteiger partial charge in [0.05, 0.1) is 19.7 Å². The van der Waals surface area contributed by atoms with Crippen molar-refractivity contribution in [3.05, 3.63) is 63.9 Å². The van der Waals surface area contributed by atoms with Crippen LogP contribution in [0.3, 0.4) is 0 Å². The summed E-state index contributed by atoms with van der Waals surface area (Å²) in [6.07, 6.45) is 0.659. The first-order valence-electron chi connectivity index (χ1n) is 8.60. The predicted octanol–water partition coefficient (Wildman–Crippen LogP) is 3.18. The van der Waals surface area contributed by atoms with Gasteiger partial charge in [-0.15, -0.1) is 0 Å². The number of aryl methyl sites for hydroxylation is 2. The van der Waals surface area contributed by atoms with E-state index in [1.807, 2.05) is 18.2 Å². The number of aromatic nitrogens is 1. The maximum Gasteiger partial charge on any atom is 0.260 e. The summed E-state index contributed by atoms with van der Waals surface area (Å²) in [5.41, 5.74) is 8.02. The van der Waals surface area contributed by atoms with Gasteiger partial charge in [-0.05, 0) is 54.6 Å². The van der Waals surface area contributed by atoms with Crippen LogP contribution in [0.15, 0.2) is 47.3 Å². The number of pyridine rings is 1. The Morgan fingerprint density at radius 2 is 1.78 bits per heavy atom. The normalized spacial score (nSPS) is 10.8. The Morgan fingerprint density at radius 3 is 2.48 bits per heavy atom. The van der Waals surface area contributed by atoms with E-state index in [2.05, 4.69) is 0 Å². The molecule has 2 aromatic carbocycles. The summed E-state index contributed by atoms with van der Waals surface area (Å²) >= 11 is 0. The summed E-state index contributed by atoms with van der Waals surface area (Å²) in [5, 5.41) is 0.806. The molecule has 0 saturated carbocycles. The maximum absolute atomic E-state index is 12.9. The minimum Gasteiger partial charge on any atom is -0.493 e. The highest BCUT2D eigenvalue weighted by Crippen LogP contribution is 2.28. The van der Waals surface area contributed by atoms with Gasteiger partial charge >= 0.3 is 0 Å². The molecular formula is C21H22N2O4. The largest absolute Gasteiger partial charge is 0.493 e. The van der Waals surface area contributed by atoms with Crippen molar-refractivity contribution in [2.24, 2.45) is 0 Å². The maximum atomic E-state index is 12.9. The molecule has 0 unspecified atom stereocenters. The van der Waals surface area contributed by atoms with Gasteiger partial charge in [0.15, 0.2) is 11.5 Å². The Kier molecular flexibility index (Phi) is 5.16. The highest BCUT2D eigenvalue weighted by molar-refractivity contribution is 5.93. The summed E-state index contributed by atoms with van der Waals surface area (Å²) < 4.78 is 11.7. The second kappa shape index (κ2) is 7.53. The molecule has 0 aliphatic rings. The van der Waals surface area contributed by atoms with Crippen molar-refractivity contribution < 1.29 is 14.3 Å². The number of carbonyl (C=O) groups is 1. The number of hydrogen-bond donors (Lipinski definition) is 1. The number of anilines is 1. The predicted molar refractivity (Wildman–Crippen MR) is 106 cm³/mol. The molecule has 2 N–H and O–H groups in total. The quantitative estimate of drug-likeness (QED) is 0.701. The van der Waals surface area contributed by atoms with Gasteiger partial charge in [-0.3, -0.25) is 9.59 Å². The molecule has 0 saturated heterocycles. The van der Waals surface area contributed by atoms with Crippen molar-refractivity contribution in [2.45, 2.75) is 19.8 Å². The average Bonchev–Trinajstić information content (AvgIpc) is 2.67. The highest BCUT2D eigenvalue weighted by Gasteiger charge is 2.14. The Labute approximate surface area is 157 Å². The van der Waals surface area contributed by atoms with Crippen molar-refractivity contribution >= 4 is 22.5 Å². The van der Waals surface area contributed by atoms with Gasteiger partial charge < -0.3 is 15.2 Å². The Morgan fingerprint density at radius 1 is 1.04 bits per heavy atom. The van der Waals surface area contributed by atoms with E-state index >= 15 is 0 Å². The smallest absolute Gasteiger partial charge is 0.260 e. The fourth-order valence-corrected chi connectivity index (χ4v) is 3.10. The molecule has 0 spiro atoms. The number of carbonyl (C=O) groups excluding carboxylic acids is 1. The van der Waals surface area contributed by atoms with Crippen LogP contribution in [-0.4, -0.2) is 24.7 Å². The first-order chi connectivity index (χ1) is 12.9. The van der Waals surface area contributed by atoms with Gasteiger partial charge in [0.2, 0.25) is 5.91 Å². The molecule has 0 amide bonds. The number of nitrogens with zero attached hydrogens (tertiary/aromatic N) is 1. The molecule has 3 aromatic rings. The Balaban J connectivity index is 1.92. The summed E-state index contributed by atoms with van der Waals surface area (Å²) in [4.78, 5) is 25.5. The zero-order chi connectivity index (χ0) is 19.6. The minimum absolute atomic E-state index is 0.183. The molecule has 0 aliphatic carbocycles. The van der Waals surface area contributed by atoms with Gasteiger partial charge in [0, 0.05) is 17.7 Å². The molecule has 1 aromatic heterocycles. The number of fused-ring (bicyclic) bond motifs is 1. The fraction of sp³-hybridized carbons (Fsp3) is 0.238. The van der Waals surface area contributed by atoms with Crippen LogP contribution in [0.2, 0.25) is 0 Å². The van der Waals surface area contributed by atoms with Crippen LogP contribution in [0.4, 0.5) is 5.69 Å². The molecule has 3 rings (SSSR count). The number of methoxy groups -OCH3 is 2. The third-order valence-corrected chi connectivity index (χ3v) is 4.53. The summed E-state index contributed by atoms with van der Waals surface area (Å²) in [6, 6.07) is 12.5.